The highest BCUT2D eigenvalue weighted by molar-refractivity contribution is 14.1. The molecule has 0 unspecified atom stereocenters. The Hall–Kier alpha value is -1.26. The topological polar surface area (TPSA) is 38.8 Å². The molecule has 1 amide bonds. The molecule has 0 atom stereocenters. The van der Waals surface area contributed by atoms with E-state index in [1.54, 1.807) is 18.2 Å². The van der Waals surface area contributed by atoms with Crippen LogP contribution < -0.4 is 9.47 Å². The Morgan fingerprint density at radius 3 is 2.71 bits per heavy atom. The van der Waals surface area contributed by atoms with E-state index in [0.29, 0.717) is 43.9 Å². The van der Waals surface area contributed by atoms with E-state index in [0.717, 1.165) is 14.7 Å². The number of hydrogen-bond acceptors (Lipinski definition) is 5. The van der Waals surface area contributed by atoms with Crippen LogP contribution in [0.15, 0.2) is 47.9 Å². The third-order valence-electron chi connectivity index (χ3n) is 4.20. The van der Waals surface area contributed by atoms with Gasteiger partial charge in [0, 0.05) is 22.2 Å². The fourth-order valence-electron chi connectivity index (χ4n) is 2.80. The van der Waals surface area contributed by atoms with Gasteiger partial charge in [-0.05, 0) is 65.4 Å². The van der Waals surface area contributed by atoms with E-state index in [2.05, 4.69) is 29.2 Å². The number of halogens is 3. The number of thioether (sulfide) groups is 1. The highest BCUT2D eigenvalue weighted by Crippen LogP contribution is 2.38. The molecule has 1 aliphatic heterocycles. The quantitative estimate of drug-likeness (QED) is 0.141. The fraction of sp³-hybridized carbons (Fsp3) is 0.182. The number of nitrogens with zero attached hydrogens (tertiary/aromatic N) is 1. The van der Waals surface area contributed by atoms with Crippen molar-refractivity contribution in [1.29, 1.82) is 0 Å². The molecule has 9 heteroatoms. The van der Waals surface area contributed by atoms with Crippen molar-refractivity contribution in [2.75, 3.05) is 13.2 Å². The molecule has 162 valence electrons. The maximum Gasteiger partial charge on any atom is 0.266 e. The van der Waals surface area contributed by atoms with Crippen molar-refractivity contribution in [2.24, 2.45) is 0 Å². The summed E-state index contributed by atoms with van der Waals surface area (Å²) in [6.07, 6.45) is 3.47. The highest BCUT2D eigenvalue weighted by Gasteiger charge is 2.31. The summed E-state index contributed by atoms with van der Waals surface area (Å²) in [5.74, 6) is 1.08. The predicted molar refractivity (Wildman–Crippen MR) is 141 cm³/mol. The number of thiocarbonyl (C=S) groups is 1. The van der Waals surface area contributed by atoms with Crippen LogP contribution in [0.4, 0.5) is 0 Å². The summed E-state index contributed by atoms with van der Waals surface area (Å²) in [5.41, 5.74) is 1.64. The molecule has 0 aromatic heterocycles. The molecule has 1 saturated heterocycles. The summed E-state index contributed by atoms with van der Waals surface area (Å²) in [5, 5.41) is 1.11. The van der Waals surface area contributed by atoms with E-state index in [1.807, 2.05) is 31.2 Å². The number of hydrogen-bond donors (Lipinski definition) is 0. The van der Waals surface area contributed by atoms with Crippen molar-refractivity contribution in [3.63, 3.8) is 0 Å². The largest absolute Gasteiger partial charge is 0.490 e. The van der Waals surface area contributed by atoms with Crippen LogP contribution in [0.3, 0.4) is 0 Å². The molecule has 0 aliphatic carbocycles. The van der Waals surface area contributed by atoms with Gasteiger partial charge in [-0.1, -0.05) is 59.3 Å². The lowest BCUT2D eigenvalue weighted by molar-refractivity contribution is -0.121. The van der Waals surface area contributed by atoms with E-state index in [9.17, 15) is 4.79 Å². The summed E-state index contributed by atoms with van der Waals surface area (Å²) in [6, 6.07) is 9.07. The Bertz CT molecular complexity index is 1070. The van der Waals surface area contributed by atoms with Crippen LogP contribution >= 0.6 is 69.8 Å². The second-order valence-electron chi connectivity index (χ2n) is 6.37. The second-order valence-corrected chi connectivity index (χ2v) is 10.0. The van der Waals surface area contributed by atoms with Crippen LogP contribution in [0.5, 0.6) is 11.5 Å². The maximum absolute atomic E-state index is 12.6. The van der Waals surface area contributed by atoms with Crippen molar-refractivity contribution in [3.8, 4) is 11.5 Å². The summed E-state index contributed by atoms with van der Waals surface area (Å²) >= 11 is 21.0. The van der Waals surface area contributed by atoms with E-state index >= 15 is 0 Å². The molecule has 1 fully saturated rings. The van der Waals surface area contributed by atoms with Gasteiger partial charge in [-0.3, -0.25) is 9.69 Å². The average Bonchev–Trinajstić information content (AvgIpc) is 2.96. The molecular formula is C22H18Cl2INO3S2. The van der Waals surface area contributed by atoms with Crippen molar-refractivity contribution in [2.45, 2.75) is 13.5 Å². The van der Waals surface area contributed by atoms with Gasteiger partial charge in [0.05, 0.1) is 15.1 Å². The van der Waals surface area contributed by atoms with E-state index in [-0.39, 0.29) is 12.5 Å². The summed E-state index contributed by atoms with van der Waals surface area (Å²) in [7, 11) is 0. The van der Waals surface area contributed by atoms with Crippen molar-refractivity contribution >= 4 is 86.1 Å². The molecule has 0 bridgehead atoms. The second kappa shape index (κ2) is 11.0. The average molecular weight is 606 g/mol. The first-order chi connectivity index (χ1) is 14.8. The normalized spacial score (nSPS) is 15.0. The lowest BCUT2D eigenvalue weighted by Gasteiger charge is -2.15. The van der Waals surface area contributed by atoms with Crippen LogP contribution in [0, 0.1) is 3.57 Å². The molecule has 1 aliphatic rings. The number of ether oxygens (including phenoxy) is 2. The van der Waals surface area contributed by atoms with Crippen LogP contribution in [0.25, 0.3) is 6.08 Å². The molecule has 0 N–H and O–H groups in total. The van der Waals surface area contributed by atoms with Gasteiger partial charge in [-0.15, -0.1) is 6.58 Å². The van der Waals surface area contributed by atoms with Gasteiger partial charge < -0.3 is 9.47 Å². The first kappa shape index (κ1) is 24.4. The molecule has 0 saturated carbocycles. The van der Waals surface area contributed by atoms with Gasteiger partial charge in [0.2, 0.25) is 0 Å². The minimum atomic E-state index is -0.124. The molecule has 0 radical (unpaired) electrons. The Kier molecular flexibility index (Phi) is 8.69. The Labute approximate surface area is 214 Å². The molecule has 31 heavy (non-hydrogen) atoms. The molecule has 0 spiro atoms. The third kappa shape index (κ3) is 5.96. The molecular weight excluding hydrogens is 588 g/mol. The standard InChI is InChI=1S/C22H18Cl2INO3S2/c1-3-7-26-21(27)19(31-22(26)30)10-13-8-17(25)20(18(9-13)28-4-2)29-12-14-5-6-15(23)11-16(14)24/h3,5-6,8-11H,1,4,7,12H2,2H3/b19-10-. The predicted octanol–water partition coefficient (Wildman–Crippen LogP) is 6.96. The van der Waals surface area contributed by atoms with Crippen LogP contribution in [-0.2, 0) is 11.4 Å². The fourth-order valence-corrected chi connectivity index (χ4v) is 5.32. The SMILES string of the molecule is C=CCN1C(=O)/C(=C/c2cc(I)c(OCc3ccc(Cl)cc3Cl)c(OCC)c2)SC1=S. The van der Waals surface area contributed by atoms with Crippen LogP contribution in [-0.4, -0.2) is 28.3 Å². The zero-order chi connectivity index (χ0) is 22.5. The zero-order valence-electron chi connectivity index (χ0n) is 16.5. The molecule has 1 heterocycles. The lowest BCUT2D eigenvalue weighted by Crippen LogP contribution is -2.27. The van der Waals surface area contributed by atoms with Gasteiger partial charge in [-0.2, -0.15) is 0 Å². The van der Waals surface area contributed by atoms with E-state index < -0.39 is 0 Å². The van der Waals surface area contributed by atoms with Gasteiger partial charge in [0.15, 0.2) is 11.5 Å². The van der Waals surface area contributed by atoms with Gasteiger partial charge in [-0.25, -0.2) is 0 Å². The van der Waals surface area contributed by atoms with E-state index in [4.69, 9.17) is 44.9 Å². The Morgan fingerprint density at radius 2 is 2.03 bits per heavy atom. The zero-order valence-corrected chi connectivity index (χ0v) is 21.8. The maximum atomic E-state index is 12.6. The Morgan fingerprint density at radius 1 is 1.26 bits per heavy atom. The minimum Gasteiger partial charge on any atom is -0.490 e. The van der Waals surface area contributed by atoms with Crippen molar-refractivity contribution in [3.05, 3.63) is 72.6 Å². The lowest BCUT2D eigenvalue weighted by atomic mass is 10.1. The number of rotatable bonds is 8. The molecule has 3 rings (SSSR count). The molecule has 2 aromatic rings. The number of benzene rings is 2. The van der Waals surface area contributed by atoms with Gasteiger partial charge in [0.1, 0.15) is 10.9 Å². The summed E-state index contributed by atoms with van der Waals surface area (Å²) in [4.78, 5) is 14.7. The van der Waals surface area contributed by atoms with Gasteiger partial charge >= 0.3 is 0 Å². The smallest absolute Gasteiger partial charge is 0.266 e. The molecule has 2 aromatic carbocycles. The number of carbonyl (C=O) groups excluding carboxylic acids is 1. The van der Waals surface area contributed by atoms with E-state index in [1.165, 1.54) is 16.7 Å². The highest BCUT2D eigenvalue weighted by atomic mass is 127. The molecule has 4 nitrogen and oxygen atoms in total. The Balaban J connectivity index is 1.87. The number of carbonyl (C=O) groups is 1. The summed E-state index contributed by atoms with van der Waals surface area (Å²) in [6.45, 7) is 6.71. The van der Waals surface area contributed by atoms with Crippen LogP contribution in [0.2, 0.25) is 10.0 Å². The first-order valence-corrected chi connectivity index (χ1v) is 12.3. The summed E-state index contributed by atoms with van der Waals surface area (Å²) < 4.78 is 13.2. The van der Waals surface area contributed by atoms with Gasteiger partial charge in [0.25, 0.3) is 5.91 Å². The van der Waals surface area contributed by atoms with Crippen LogP contribution in [0.1, 0.15) is 18.1 Å². The number of amides is 1. The monoisotopic (exact) mass is 605 g/mol. The first-order valence-electron chi connectivity index (χ1n) is 9.23. The van der Waals surface area contributed by atoms with Crippen molar-refractivity contribution < 1.29 is 14.3 Å². The van der Waals surface area contributed by atoms with Crippen molar-refractivity contribution in [1.82, 2.24) is 4.90 Å². The third-order valence-corrected chi connectivity index (χ3v) is 6.97. The minimum absolute atomic E-state index is 0.124.